The number of hydrogen-bond donors (Lipinski definition) is 0. The van der Waals surface area contributed by atoms with Crippen molar-refractivity contribution in [3.8, 4) is 0 Å². The molecule has 1 aromatic carbocycles. The number of halogens is 1. The maximum atomic E-state index is 12.1. The summed E-state index contributed by atoms with van der Waals surface area (Å²) in [6, 6.07) is 6.83. The molecule has 1 saturated heterocycles. The fraction of sp³-hybridized carbons (Fsp3) is 0.375. The molecule has 3 rings (SSSR count). The molecule has 0 N–H and O–H groups in total. The fourth-order valence-electron chi connectivity index (χ4n) is 2.69. The number of carbonyl (C=O) groups excluding carboxylic acids is 2. The third kappa shape index (κ3) is 2.95. The van der Waals surface area contributed by atoms with Crippen molar-refractivity contribution in [3.63, 3.8) is 0 Å². The van der Waals surface area contributed by atoms with E-state index in [0.29, 0.717) is 23.4 Å². The van der Waals surface area contributed by atoms with Crippen LogP contribution >= 0.6 is 11.6 Å². The van der Waals surface area contributed by atoms with Crippen LogP contribution in [0.15, 0.2) is 29.8 Å². The van der Waals surface area contributed by atoms with Crippen molar-refractivity contribution in [2.75, 3.05) is 0 Å². The normalized spacial score (nSPS) is 20.9. The van der Waals surface area contributed by atoms with E-state index in [1.807, 2.05) is 0 Å². The van der Waals surface area contributed by atoms with Crippen LogP contribution in [0.5, 0.6) is 0 Å². The van der Waals surface area contributed by atoms with Crippen LogP contribution in [0, 0.1) is 0 Å². The molecule has 1 saturated carbocycles. The molecule has 21 heavy (non-hydrogen) atoms. The van der Waals surface area contributed by atoms with Gasteiger partial charge in [-0.15, -0.1) is 0 Å². The van der Waals surface area contributed by atoms with Gasteiger partial charge in [0.25, 0.3) is 5.79 Å². The van der Waals surface area contributed by atoms with Gasteiger partial charge in [-0.3, -0.25) is 0 Å². The molecule has 0 amide bonds. The van der Waals surface area contributed by atoms with Crippen molar-refractivity contribution in [1.82, 2.24) is 0 Å². The van der Waals surface area contributed by atoms with Gasteiger partial charge in [0, 0.05) is 17.9 Å². The number of hydrogen-bond acceptors (Lipinski definition) is 4. The molecule has 5 heteroatoms. The molecular weight excluding hydrogens is 292 g/mol. The second-order valence-electron chi connectivity index (χ2n) is 5.36. The summed E-state index contributed by atoms with van der Waals surface area (Å²) in [5, 5.41) is 0.590. The lowest BCUT2D eigenvalue weighted by molar-refractivity contribution is -0.244. The predicted octanol–water partition coefficient (Wildman–Crippen LogP) is 3.48. The Morgan fingerprint density at radius 2 is 1.52 bits per heavy atom. The van der Waals surface area contributed by atoms with Crippen molar-refractivity contribution in [2.24, 2.45) is 0 Å². The third-order valence-electron chi connectivity index (χ3n) is 3.79. The lowest BCUT2D eigenvalue weighted by atomic mass is 9.93. The number of esters is 2. The highest BCUT2D eigenvalue weighted by Gasteiger charge is 2.46. The van der Waals surface area contributed by atoms with Gasteiger partial charge in [0.1, 0.15) is 5.57 Å². The highest BCUT2D eigenvalue weighted by atomic mass is 35.5. The molecule has 4 nitrogen and oxygen atoms in total. The maximum absolute atomic E-state index is 12.1. The van der Waals surface area contributed by atoms with E-state index < -0.39 is 17.7 Å². The van der Waals surface area contributed by atoms with E-state index in [9.17, 15) is 9.59 Å². The molecule has 1 aliphatic carbocycles. The van der Waals surface area contributed by atoms with Crippen LogP contribution in [-0.4, -0.2) is 17.7 Å². The van der Waals surface area contributed by atoms with Crippen molar-refractivity contribution in [2.45, 2.75) is 37.9 Å². The molecule has 0 unspecified atom stereocenters. The van der Waals surface area contributed by atoms with Gasteiger partial charge in [-0.1, -0.05) is 30.2 Å². The molecule has 0 atom stereocenters. The Balaban J connectivity index is 1.83. The van der Waals surface area contributed by atoms with Crippen LogP contribution in [0.2, 0.25) is 5.02 Å². The first-order chi connectivity index (χ1) is 10.1. The van der Waals surface area contributed by atoms with E-state index in [4.69, 9.17) is 21.1 Å². The van der Waals surface area contributed by atoms with Crippen LogP contribution in [0.4, 0.5) is 0 Å². The van der Waals surface area contributed by atoms with Crippen molar-refractivity contribution < 1.29 is 19.1 Å². The standard InChI is InChI=1S/C16H15ClO4/c17-12-6-4-11(5-7-12)10-13-14(18)20-16(21-15(13)19)8-2-1-3-9-16/h4-7,10H,1-3,8-9H2. The molecular formula is C16H15ClO4. The van der Waals surface area contributed by atoms with E-state index in [1.165, 1.54) is 6.08 Å². The Hall–Kier alpha value is -1.81. The summed E-state index contributed by atoms with van der Waals surface area (Å²) in [6.45, 7) is 0. The average molecular weight is 307 g/mol. The maximum Gasteiger partial charge on any atom is 0.348 e. The summed E-state index contributed by atoms with van der Waals surface area (Å²) >= 11 is 5.81. The smallest absolute Gasteiger partial charge is 0.348 e. The summed E-state index contributed by atoms with van der Waals surface area (Å²) in [6.07, 6.45) is 5.51. The molecule has 2 aliphatic rings. The zero-order valence-electron chi connectivity index (χ0n) is 11.4. The molecule has 0 radical (unpaired) electrons. The van der Waals surface area contributed by atoms with Crippen LogP contribution in [-0.2, 0) is 19.1 Å². The molecule has 1 heterocycles. The van der Waals surface area contributed by atoms with Crippen LogP contribution in [0.3, 0.4) is 0 Å². The van der Waals surface area contributed by atoms with Gasteiger partial charge in [-0.25, -0.2) is 9.59 Å². The summed E-state index contributed by atoms with van der Waals surface area (Å²) in [5.41, 5.74) is 0.622. The van der Waals surface area contributed by atoms with E-state index >= 15 is 0 Å². The Labute approximate surface area is 127 Å². The van der Waals surface area contributed by atoms with E-state index in [2.05, 4.69) is 0 Å². The first-order valence-electron chi connectivity index (χ1n) is 7.02. The SMILES string of the molecule is O=C1OC2(CCCCC2)OC(=O)C1=Cc1ccc(Cl)cc1. The van der Waals surface area contributed by atoms with Gasteiger partial charge in [0.2, 0.25) is 0 Å². The first kappa shape index (κ1) is 14.1. The Bertz CT molecular complexity index is 575. The fourth-order valence-corrected chi connectivity index (χ4v) is 2.82. The van der Waals surface area contributed by atoms with Crippen LogP contribution in [0.1, 0.15) is 37.7 Å². The number of benzene rings is 1. The van der Waals surface area contributed by atoms with Gasteiger partial charge in [0.05, 0.1) is 0 Å². The zero-order chi connectivity index (χ0) is 14.9. The molecule has 2 fully saturated rings. The minimum absolute atomic E-state index is 0.0754. The zero-order valence-corrected chi connectivity index (χ0v) is 12.2. The summed E-state index contributed by atoms with van der Waals surface area (Å²) in [5.74, 6) is -2.25. The van der Waals surface area contributed by atoms with E-state index in [-0.39, 0.29) is 5.57 Å². The van der Waals surface area contributed by atoms with Gasteiger partial charge in [0.15, 0.2) is 0 Å². The summed E-state index contributed by atoms with van der Waals surface area (Å²) < 4.78 is 10.8. The Morgan fingerprint density at radius 1 is 0.952 bits per heavy atom. The van der Waals surface area contributed by atoms with E-state index in [0.717, 1.165) is 19.3 Å². The Morgan fingerprint density at radius 3 is 2.10 bits per heavy atom. The van der Waals surface area contributed by atoms with Gasteiger partial charge in [-0.05, 0) is 36.6 Å². The van der Waals surface area contributed by atoms with Crippen molar-refractivity contribution in [3.05, 3.63) is 40.4 Å². The topological polar surface area (TPSA) is 52.6 Å². The highest BCUT2D eigenvalue weighted by molar-refractivity contribution is 6.30. The lowest BCUT2D eigenvalue weighted by Gasteiger charge is -2.38. The quantitative estimate of drug-likeness (QED) is 0.453. The molecule has 1 aromatic rings. The number of ether oxygens (including phenoxy) is 2. The highest BCUT2D eigenvalue weighted by Crippen LogP contribution is 2.37. The summed E-state index contributed by atoms with van der Waals surface area (Å²) in [7, 11) is 0. The van der Waals surface area contributed by atoms with E-state index in [1.54, 1.807) is 24.3 Å². The predicted molar refractivity (Wildman–Crippen MR) is 77.4 cm³/mol. The largest absolute Gasteiger partial charge is 0.419 e. The molecule has 1 aliphatic heterocycles. The third-order valence-corrected chi connectivity index (χ3v) is 4.05. The molecule has 0 aromatic heterocycles. The second-order valence-corrected chi connectivity index (χ2v) is 5.80. The second kappa shape index (κ2) is 5.53. The van der Waals surface area contributed by atoms with Crippen molar-refractivity contribution >= 4 is 29.6 Å². The monoisotopic (exact) mass is 306 g/mol. The first-order valence-corrected chi connectivity index (χ1v) is 7.40. The molecule has 1 spiro atoms. The lowest BCUT2D eigenvalue weighted by Crippen LogP contribution is -2.47. The minimum atomic E-state index is -1.04. The van der Waals surface area contributed by atoms with Crippen LogP contribution in [0.25, 0.3) is 6.08 Å². The molecule has 110 valence electrons. The number of carbonyl (C=O) groups is 2. The van der Waals surface area contributed by atoms with Gasteiger partial charge in [-0.2, -0.15) is 0 Å². The molecule has 0 bridgehead atoms. The average Bonchev–Trinajstić information content (AvgIpc) is 2.46. The van der Waals surface area contributed by atoms with Gasteiger partial charge < -0.3 is 9.47 Å². The summed E-state index contributed by atoms with van der Waals surface area (Å²) in [4.78, 5) is 24.3. The van der Waals surface area contributed by atoms with Crippen LogP contribution < -0.4 is 0 Å². The Kier molecular flexibility index (Phi) is 3.72. The van der Waals surface area contributed by atoms with Crippen molar-refractivity contribution in [1.29, 1.82) is 0 Å². The number of rotatable bonds is 1. The van der Waals surface area contributed by atoms with Gasteiger partial charge >= 0.3 is 11.9 Å². The minimum Gasteiger partial charge on any atom is -0.419 e.